The van der Waals surface area contributed by atoms with Crippen molar-refractivity contribution in [3.05, 3.63) is 151 Å². The van der Waals surface area contributed by atoms with Gasteiger partial charge in [0.2, 0.25) is 0 Å². The number of aryl methyl sites for hydroxylation is 2. The minimum atomic E-state index is -0.392. The molecule has 0 spiro atoms. The van der Waals surface area contributed by atoms with Gasteiger partial charge in [-0.1, -0.05) is 172 Å². The molecule has 73 heavy (non-hydrogen) atoms. The van der Waals surface area contributed by atoms with Gasteiger partial charge in [0.15, 0.2) is 0 Å². The van der Waals surface area contributed by atoms with Crippen LogP contribution in [0.2, 0.25) is 0 Å². The summed E-state index contributed by atoms with van der Waals surface area (Å²) in [5.74, 6) is -0.414. The molecule has 10 rings (SSSR count). The molecule has 0 saturated heterocycles. The third kappa shape index (κ3) is 9.85. The van der Waals surface area contributed by atoms with Crippen LogP contribution >= 0.6 is 68.0 Å². The van der Waals surface area contributed by atoms with Crippen LogP contribution in [0.4, 0.5) is 0 Å². The molecule has 0 radical (unpaired) electrons. The number of unbranched alkanes of at least 4 members (excludes halogenated alkanes) is 10. The standard InChI is InChI=1S/C64H69NO2S6/c1-8-12-14-16-18-26-32-43-34-36-47(68-43)51-45-39-49(57-58-53(54-59(72-58)62(67)65(38-10-3)61(54)66)60(73-57)64(7,11-4)42-30-24-21-25-31-42)70-55(45)52(48-37-35-44(69-48)33-27-19-17-15-13-9-2)46-40-50(71-56(46)51)63(5,6)41-28-22-20-23-29-41/h10,20-25,28-31,34-37,39-40H,3,8-9,11-19,26-27,32-33,38H2,1-2,4-7H3/t64-/m0/s1. The van der Waals surface area contributed by atoms with Gasteiger partial charge in [0.25, 0.3) is 11.8 Å². The van der Waals surface area contributed by atoms with E-state index in [1.54, 1.807) is 6.08 Å². The van der Waals surface area contributed by atoms with E-state index in [4.69, 9.17) is 0 Å². The quantitative estimate of drug-likeness (QED) is 0.0344. The SMILES string of the molecule is C=CCN1C(=O)c2sc3c(-c4cc5c(-c6ccc(CCCCCCCC)s6)c6sc(C(C)(C)c7ccccc7)cc6c(-c6ccc(CCCCCCCC)s6)c5s4)sc([C@@](C)(CC)c4ccccc4)c3c2C1=O. The van der Waals surface area contributed by atoms with E-state index in [0.717, 1.165) is 39.1 Å². The highest BCUT2D eigenvalue weighted by molar-refractivity contribution is 7.32. The van der Waals surface area contributed by atoms with Crippen molar-refractivity contribution in [3.8, 4) is 30.6 Å². The van der Waals surface area contributed by atoms with E-state index in [-0.39, 0.29) is 23.8 Å². The second kappa shape index (κ2) is 22.4. The Balaban J connectivity index is 1.21. The number of imide groups is 1. The van der Waals surface area contributed by atoms with Crippen molar-refractivity contribution in [1.82, 2.24) is 4.90 Å². The number of fused-ring (bicyclic) bond motifs is 5. The second-order valence-corrected chi connectivity index (χ2v) is 27.3. The van der Waals surface area contributed by atoms with E-state index < -0.39 is 5.41 Å². The summed E-state index contributed by atoms with van der Waals surface area (Å²) in [4.78, 5) is 41.1. The number of hydrogen-bond acceptors (Lipinski definition) is 8. The molecule has 0 bridgehead atoms. The Morgan fingerprint density at radius 3 is 1.64 bits per heavy atom. The fourth-order valence-electron chi connectivity index (χ4n) is 11.0. The Morgan fingerprint density at radius 2 is 1.07 bits per heavy atom. The van der Waals surface area contributed by atoms with Crippen LogP contribution in [0.25, 0.3) is 60.9 Å². The number of hydrogen-bond donors (Lipinski definition) is 0. The minimum Gasteiger partial charge on any atom is -0.270 e. The molecule has 2 amide bonds. The van der Waals surface area contributed by atoms with Gasteiger partial charge in [-0.05, 0) is 79.6 Å². The summed E-state index contributed by atoms with van der Waals surface area (Å²) < 4.78 is 3.73. The molecule has 0 fully saturated rings. The van der Waals surface area contributed by atoms with E-state index in [2.05, 4.69) is 145 Å². The molecule has 3 aromatic carbocycles. The van der Waals surface area contributed by atoms with Crippen LogP contribution in [0.15, 0.2) is 110 Å². The Bertz CT molecular complexity index is 3300. The highest BCUT2D eigenvalue weighted by Gasteiger charge is 2.44. The molecule has 1 aliphatic rings. The minimum absolute atomic E-state index is 0.200. The first-order valence-corrected chi connectivity index (χ1v) is 31.8. The zero-order chi connectivity index (χ0) is 50.9. The zero-order valence-corrected chi connectivity index (χ0v) is 48.4. The Labute approximate surface area is 457 Å². The molecular formula is C64H69NO2S6. The zero-order valence-electron chi connectivity index (χ0n) is 43.5. The second-order valence-electron chi connectivity index (χ2n) is 20.8. The van der Waals surface area contributed by atoms with E-state index in [1.165, 1.54) is 165 Å². The molecule has 7 heterocycles. The third-order valence-corrected chi connectivity index (χ3v) is 23.4. The lowest BCUT2D eigenvalue weighted by molar-refractivity contribution is 0.0674. The van der Waals surface area contributed by atoms with Crippen LogP contribution in [-0.4, -0.2) is 23.3 Å². The van der Waals surface area contributed by atoms with E-state index >= 15 is 0 Å². The average Bonchev–Trinajstić information content (AvgIpc) is 4.30. The summed E-state index contributed by atoms with van der Waals surface area (Å²) in [7, 11) is 0. The highest BCUT2D eigenvalue weighted by Crippen LogP contribution is 2.59. The molecule has 0 unspecified atom stereocenters. The first-order chi connectivity index (χ1) is 35.5. The van der Waals surface area contributed by atoms with Gasteiger partial charge < -0.3 is 0 Å². The lowest BCUT2D eigenvalue weighted by Gasteiger charge is -2.28. The molecule has 0 N–H and O–H groups in total. The molecule has 9 heteroatoms. The lowest BCUT2D eigenvalue weighted by atomic mass is 9.77. The molecule has 0 aliphatic carbocycles. The summed E-state index contributed by atoms with van der Waals surface area (Å²) in [5, 5.41) is 3.59. The van der Waals surface area contributed by atoms with Crippen LogP contribution < -0.4 is 0 Å². The van der Waals surface area contributed by atoms with Crippen molar-refractivity contribution in [2.75, 3.05) is 6.54 Å². The smallest absolute Gasteiger partial charge is 0.270 e. The fraction of sp³-hybridized carbons (Fsp3) is 0.375. The van der Waals surface area contributed by atoms with E-state index in [1.807, 2.05) is 56.7 Å². The van der Waals surface area contributed by atoms with Crippen molar-refractivity contribution in [1.29, 1.82) is 0 Å². The summed E-state index contributed by atoms with van der Waals surface area (Å²) >= 11 is 11.2. The third-order valence-electron chi connectivity index (χ3n) is 15.5. The maximum atomic E-state index is 14.5. The number of carbonyl (C=O) groups is 2. The van der Waals surface area contributed by atoms with Crippen molar-refractivity contribution in [2.45, 2.75) is 149 Å². The van der Waals surface area contributed by atoms with E-state index in [0.29, 0.717) is 10.4 Å². The largest absolute Gasteiger partial charge is 0.271 e. The molecule has 1 aliphatic heterocycles. The first-order valence-electron chi connectivity index (χ1n) is 26.9. The number of nitrogens with zero attached hydrogens (tertiary/aromatic N) is 1. The molecule has 378 valence electrons. The normalized spacial score (nSPS) is 13.9. The van der Waals surface area contributed by atoms with E-state index in [9.17, 15) is 9.59 Å². The number of thiophene rings is 6. The molecule has 0 saturated carbocycles. The van der Waals surface area contributed by atoms with Crippen molar-refractivity contribution >= 4 is 110 Å². The fourth-order valence-corrected chi connectivity index (χ4v) is 19.1. The van der Waals surface area contributed by atoms with Gasteiger partial charge in [0, 0.05) is 88.2 Å². The lowest BCUT2D eigenvalue weighted by Crippen LogP contribution is -2.30. The molecule has 6 aromatic heterocycles. The summed E-state index contributed by atoms with van der Waals surface area (Å²) in [6.45, 7) is 18.0. The first kappa shape index (κ1) is 52.0. The topological polar surface area (TPSA) is 37.4 Å². The Kier molecular flexibility index (Phi) is 15.9. The van der Waals surface area contributed by atoms with Crippen LogP contribution in [0, 0.1) is 0 Å². The van der Waals surface area contributed by atoms with Gasteiger partial charge in [0.05, 0.1) is 15.1 Å². The van der Waals surface area contributed by atoms with Crippen molar-refractivity contribution < 1.29 is 9.59 Å². The predicted octanol–water partition coefficient (Wildman–Crippen LogP) is 21.1. The van der Waals surface area contributed by atoms with Crippen molar-refractivity contribution in [3.63, 3.8) is 0 Å². The molecular weight excluding hydrogens is 1010 g/mol. The number of amides is 2. The average molecular weight is 1080 g/mol. The Hall–Kier alpha value is -4.48. The monoisotopic (exact) mass is 1080 g/mol. The van der Waals surface area contributed by atoms with Gasteiger partial charge >= 0.3 is 0 Å². The van der Waals surface area contributed by atoms with Crippen molar-refractivity contribution in [2.24, 2.45) is 0 Å². The van der Waals surface area contributed by atoms with Gasteiger partial charge in [-0.3, -0.25) is 14.5 Å². The molecule has 3 nitrogen and oxygen atoms in total. The summed E-state index contributed by atoms with van der Waals surface area (Å²) in [6.07, 6.45) is 20.2. The summed E-state index contributed by atoms with van der Waals surface area (Å²) in [6, 6.07) is 36.5. The summed E-state index contributed by atoms with van der Waals surface area (Å²) in [5.41, 5.74) is 5.20. The molecule has 9 aromatic rings. The van der Waals surface area contributed by atoms with Crippen LogP contribution in [0.5, 0.6) is 0 Å². The van der Waals surface area contributed by atoms with Gasteiger partial charge in [-0.15, -0.1) is 74.6 Å². The van der Waals surface area contributed by atoms with Crippen LogP contribution in [0.1, 0.15) is 176 Å². The Morgan fingerprint density at radius 1 is 0.521 bits per heavy atom. The van der Waals surface area contributed by atoms with Crippen LogP contribution in [0.3, 0.4) is 0 Å². The highest BCUT2D eigenvalue weighted by atomic mass is 32.1. The molecule has 1 atom stereocenters. The maximum absolute atomic E-state index is 14.5. The van der Waals surface area contributed by atoms with Gasteiger partial charge in [-0.2, -0.15) is 0 Å². The van der Waals surface area contributed by atoms with Crippen LogP contribution in [-0.2, 0) is 23.7 Å². The number of carbonyl (C=O) groups excluding carboxylic acids is 2. The number of rotatable bonds is 24. The maximum Gasteiger partial charge on any atom is 0.271 e. The number of benzene rings is 3. The van der Waals surface area contributed by atoms with Gasteiger partial charge in [-0.25, -0.2) is 0 Å². The van der Waals surface area contributed by atoms with Gasteiger partial charge in [0.1, 0.15) is 4.88 Å². The predicted molar refractivity (Wildman–Crippen MR) is 324 cm³/mol.